The molecule has 0 radical (unpaired) electrons. The van der Waals surface area contributed by atoms with Gasteiger partial charge in [0.05, 0.1) is 25.6 Å². The molecule has 0 saturated carbocycles. The van der Waals surface area contributed by atoms with Gasteiger partial charge in [-0.2, -0.15) is 0 Å². The number of hydrogen-bond acceptors (Lipinski definition) is 12. The van der Waals surface area contributed by atoms with Gasteiger partial charge in [0, 0.05) is 23.9 Å². The van der Waals surface area contributed by atoms with E-state index in [0.29, 0.717) is 37.1 Å². The number of hydrogen-bond donors (Lipinski definition) is 2. The molecular formula is C33H50N9O7P. The minimum absolute atomic E-state index is 0.168. The highest BCUT2D eigenvalue weighted by Crippen LogP contribution is 2.44. The van der Waals surface area contributed by atoms with Gasteiger partial charge in [0.2, 0.25) is 0 Å². The molecule has 3 aromatic rings. The molecule has 1 unspecified atom stereocenters. The molecule has 0 spiro atoms. The van der Waals surface area contributed by atoms with Crippen molar-refractivity contribution in [1.82, 2.24) is 24.6 Å². The molecule has 0 aliphatic heterocycles. The Bertz CT molecular complexity index is 1600. The summed E-state index contributed by atoms with van der Waals surface area (Å²) in [6.07, 6.45) is 11.8. The fourth-order valence-corrected chi connectivity index (χ4v) is 6.75. The van der Waals surface area contributed by atoms with Crippen LogP contribution >= 0.6 is 7.52 Å². The van der Waals surface area contributed by atoms with Crippen molar-refractivity contribution in [2.75, 3.05) is 25.2 Å². The van der Waals surface area contributed by atoms with Crippen molar-refractivity contribution >= 4 is 36.4 Å². The number of carbonyl (C=O) groups excluding carboxylic acids is 2. The lowest BCUT2D eigenvalue weighted by Gasteiger charge is -2.25. The molecule has 0 aliphatic rings. The van der Waals surface area contributed by atoms with Crippen LogP contribution in [0.1, 0.15) is 91.4 Å². The van der Waals surface area contributed by atoms with Crippen molar-refractivity contribution in [3.8, 4) is 11.5 Å². The quantitative estimate of drug-likeness (QED) is 0.0171. The molecule has 17 heteroatoms. The van der Waals surface area contributed by atoms with Gasteiger partial charge < -0.3 is 29.0 Å². The average molecular weight is 716 g/mol. The number of carbonyl (C=O) groups is 2. The maximum atomic E-state index is 14.2. The molecule has 0 amide bonds. The average Bonchev–Trinajstić information content (AvgIpc) is 3.50. The molecule has 2 aromatic heterocycles. The van der Waals surface area contributed by atoms with Gasteiger partial charge in [0.1, 0.15) is 35.7 Å². The summed E-state index contributed by atoms with van der Waals surface area (Å²) < 4.78 is 38.7. The molecule has 1 aromatic carbocycles. The zero-order valence-electron chi connectivity index (χ0n) is 29.2. The van der Waals surface area contributed by atoms with Gasteiger partial charge in [0.15, 0.2) is 11.5 Å². The number of fused-ring (bicyclic) bond motifs is 1. The normalized spacial score (nSPS) is 13.6. The molecular weight excluding hydrogens is 665 g/mol. The number of azide groups is 1. The number of nitrogens with one attached hydrogen (secondary N) is 1. The second kappa shape index (κ2) is 21.8. The summed E-state index contributed by atoms with van der Waals surface area (Å²) in [4.78, 5) is 40.4. The molecule has 3 rings (SSSR count). The molecule has 50 heavy (non-hydrogen) atoms. The second-order valence-corrected chi connectivity index (χ2v) is 14.1. The first-order valence-corrected chi connectivity index (χ1v) is 19.0. The minimum Gasteiger partial charge on any atom is -0.465 e. The Morgan fingerprint density at radius 3 is 2.50 bits per heavy atom. The predicted molar refractivity (Wildman–Crippen MR) is 189 cm³/mol. The SMILES string of the molecule is CCCCOC(=O)[C@H](C)NP(=O)(CO[C@H](C)Cn1cnc2c(N)ncnc21)Oc1cccc(OC(=O)CCCCCCCCCCN=[N+]=[N-])c1. The maximum Gasteiger partial charge on any atom is 0.342 e. The van der Waals surface area contributed by atoms with E-state index in [9.17, 15) is 14.2 Å². The molecule has 16 nitrogen and oxygen atoms in total. The number of nitrogens with zero attached hydrogens (tertiary/aromatic N) is 7. The summed E-state index contributed by atoms with van der Waals surface area (Å²) in [5.74, 6) is -0.268. The van der Waals surface area contributed by atoms with Gasteiger partial charge in [-0.25, -0.2) is 20.0 Å². The van der Waals surface area contributed by atoms with E-state index in [4.69, 9.17) is 30.0 Å². The van der Waals surface area contributed by atoms with Gasteiger partial charge in [-0.1, -0.05) is 63.1 Å². The number of rotatable bonds is 25. The summed E-state index contributed by atoms with van der Waals surface area (Å²) >= 11 is 0. The highest BCUT2D eigenvalue weighted by Gasteiger charge is 2.32. The minimum atomic E-state index is -3.89. The third kappa shape index (κ3) is 14.3. The smallest absolute Gasteiger partial charge is 0.342 e. The highest BCUT2D eigenvalue weighted by atomic mass is 31.2. The monoisotopic (exact) mass is 715 g/mol. The number of unbranched alkanes of at least 4 members (excludes halogenated alkanes) is 8. The van der Waals surface area contributed by atoms with Crippen LogP contribution in [0.3, 0.4) is 0 Å². The molecule has 0 saturated heterocycles. The first-order valence-electron chi connectivity index (χ1n) is 17.2. The Labute approximate surface area is 293 Å². The predicted octanol–water partition coefficient (Wildman–Crippen LogP) is 7.09. The van der Waals surface area contributed by atoms with E-state index in [0.717, 1.165) is 51.4 Å². The van der Waals surface area contributed by atoms with Crippen LogP contribution in [-0.4, -0.2) is 63.1 Å². The van der Waals surface area contributed by atoms with Crippen LogP contribution in [-0.2, 0) is 30.2 Å². The lowest BCUT2D eigenvalue weighted by Crippen LogP contribution is -2.36. The maximum absolute atomic E-state index is 14.2. The zero-order chi connectivity index (χ0) is 36.2. The van der Waals surface area contributed by atoms with E-state index in [1.54, 1.807) is 42.9 Å². The number of ether oxygens (including phenoxy) is 3. The van der Waals surface area contributed by atoms with Crippen LogP contribution in [0.5, 0.6) is 11.5 Å². The second-order valence-electron chi connectivity index (χ2n) is 12.1. The van der Waals surface area contributed by atoms with Gasteiger partial charge in [-0.05, 0) is 50.8 Å². The summed E-state index contributed by atoms with van der Waals surface area (Å²) in [5.41, 5.74) is 15.2. The lowest BCUT2D eigenvalue weighted by molar-refractivity contribution is -0.145. The van der Waals surface area contributed by atoms with E-state index in [-0.39, 0.29) is 42.7 Å². The Morgan fingerprint density at radius 2 is 1.76 bits per heavy atom. The molecule has 0 bridgehead atoms. The third-order valence-electron chi connectivity index (χ3n) is 7.64. The number of imidazole rings is 1. The van der Waals surface area contributed by atoms with Gasteiger partial charge in [-0.15, -0.1) is 0 Å². The Hall–Kier alpha value is -4.23. The van der Waals surface area contributed by atoms with Crippen molar-refractivity contribution in [1.29, 1.82) is 0 Å². The van der Waals surface area contributed by atoms with Gasteiger partial charge >= 0.3 is 19.5 Å². The first kappa shape index (κ1) is 40.2. The summed E-state index contributed by atoms with van der Waals surface area (Å²) in [6.45, 7) is 6.43. The molecule has 2 heterocycles. The van der Waals surface area contributed by atoms with Crippen molar-refractivity contribution < 1.29 is 32.9 Å². The number of anilines is 1. The number of nitrogens with two attached hydrogens (primary N) is 1. The summed E-state index contributed by atoms with van der Waals surface area (Å²) in [5, 5.41) is 6.34. The Balaban J connectivity index is 1.55. The molecule has 3 atom stereocenters. The number of aromatic nitrogens is 4. The zero-order valence-corrected chi connectivity index (χ0v) is 30.1. The third-order valence-corrected chi connectivity index (χ3v) is 9.42. The molecule has 274 valence electrons. The Kier molecular flexibility index (Phi) is 17.5. The van der Waals surface area contributed by atoms with Gasteiger partial charge in [-0.3, -0.25) is 14.2 Å². The van der Waals surface area contributed by atoms with Crippen molar-refractivity contribution in [3.05, 3.63) is 47.4 Å². The van der Waals surface area contributed by atoms with Gasteiger partial charge in [0.25, 0.3) is 0 Å². The van der Waals surface area contributed by atoms with Crippen LogP contribution in [0.15, 0.2) is 42.0 Å². The van der Waals surface area contributed by atoms with Crippen LogP contribution in [0.4, 0.5) is 5.82 Å². The van der Waals surface area contributed by atoms with E-state index >= 15 is 0 Å². The topological polar surface area (TPSA) is 219 Å². The van der Waals surface area contributed by atoms with Crippen LogP contribution in [0, 0.1) is 0 Å². The standard InChI is InChI=1S/C33H50N9O7P/c1-4-5-19-46-33(44)26(3)40-50(45,24-47-25(2)21-42-23-38-30-31(34)36-22-37-32(30)42)49-28-16-14-15-27(20-28)48-29(43)17-12-10-8-6-7-9-11-13-18-39-41-35/h14-16,20,22-23,25-26H,4-13,17-19,21,24H2,1-3H3,(H,40,45)(H2,34,36,37)/t25-,26+,50?/m1/s1. The number of benzene rings is 1. The molecule has 3 N–H and O–H groups in total. The van der Waals surface area contributed by atoms with Crippen molar-refractivity contribution in [2.45, 2.75) is 110 Å². The molecule has 0 fully saturated rings. The first-order chi connectivity index (χ1) is 24.1. The number of esters is 2. The fraction of sp³-hybridized carbons (Fsp3) is 0.606. The molecule has 0 aliphatic carbocycles. The van der Waals surface area contributed by atoms with E-state index < -0.39 is 25.6 Å². The summed E-state index contributed by atoms with van der Waals surface area (Å²) in [6, 6.07) is 5.34. The largest absolute Gasteiger partial charge is 0.465 e. The van der Waals surface area contributed by atoms with Crippen LogP contribution in [0.2, 0.25) is 0 Å². The van der Waals surface area contributed by atoms with Crippen LogP contribution < -0.4 is 20.1 Å². The Morgan fingerprint density at radius 1 is 1.04 bits per heavy atom. The highest BCUT2D eigenvalue weighted by molar-refractivity contribution is 7.57. The van der Waals surface area contributed by atoms with E-state index in [2.05, 4.69) is 30.1 Å². The van der Waals surface area contributed by atoms with E-state index in [1.807, 2.05) is 6.92 Å². The van der Waals surface area contributed by atoms with E-state index in [1.165, 1.54) is 12.4 Å². The van der Waals surface area contributed by atoms with Crippen LogP contribution in [0.25, 0.3) is 21.6 Å². The van der Waals surface area contributed by atoms with Crippen molar-refractivity contribution in [2.24, 2.45) is 5.11 Å². The lowest BCUT2D eigenvalue weighted by atomic mass is 10.1. The van der Waals surface area contributed by atoms with Crippen molar-refractivity contribution in [3.63, 3.8) is 0 Å². The summed E-state index contributed by atoms with van der Waals surface area (Å²) in [7, 11) is -3.89. The fourth-order valence-electron chi connectivity index (χ4n) is 4.97. The number of nitrogen functional groups attached to an aromatic ring is 1.